The first-order valence-corrected chi connectivity index (χ1v) is 6.77. The van der Waals surface area contributed by atoms with Crippen LogP contribution < -0.4 is 11.1 Å². The second kappa shape index (κ2) is 4.70. The fourth-order valence-electron chi connectivity index (χ4n) is 2.85. The first kappa shape index (κ1) is 12.8. The monoisotopic (exact) mass is 274 g/mol. The van der Waals surface area contributed by atoms with E-state index in [2.05, 4.69) is 10.3 Å². The molecule has 106 valence electrons. The van der Waals surface area contributed by atoms with Gasteiger partial charge in [-0.05, 0) is 30.9 Å². The summed E-state index contributed by atoms with van der Waals surface area (Å²) in [4.78, 5) is 16.4. The highest BCUT2D eigenvalue weighted by atomic mass is 16.5. The van der Waals surface area contributed by atoms with E-state index >= 15 is 0 Å². The number of nitrogens with zero attached hydrogens (tertiary/aromatic N) is 2. The summed E-state index contributed by atoms with van der Waals surface area (Å²) >= 11 is 0. The number of rotatable bonds is 2. The van der Waals surface area contributed by atoms with Gasteiger partial charge in [-0.3, -0.25) is 0 Å². The maximum Gasteiger partial charge on any atom is 0.339 e. The topological polar surface area (TPSA) is 81.6 Å². The number of aryl methyl sites for hydroxylation is 1. The molecule has 1 aromatic heterocycles. The molecule has 3 rings (SSSR count). The second-order valence-corrected chi connectivity index (χ2v) is 5.00. The standard InChI is InChI=1S/C14H18N4O2/c1-3-20-13(19)10-7-18(2)12-9(10)5-4-8-6-16-14(15)17-11(8)12/h7H,3-6H2,1-2H3,(H3,15,16,17). The van der Waals surface area contributed by atoms with Crippen LogP contribution in [0.2, 0.25) is 0 Å². The minimum Gasteiger partial charge on any atom is -0.462 e. The van der Waals surface area contributed by atoms with E-state index in [-0.39, 0.29) is 5.97 Å². The molecule has 0 amide bonds. The van der Waals surface area contributed by atoms with E-state index in [1.807, 2.05) is 24.7 Å². The summed E-state index contributed by atoms with van der Waals surface area (Å²) in [6.07, 6.45) is 3.55. The highest BCUT2D eigenvalue weighted by Gasteiger charge is 2.29. The van der Waals surface area contributed by atoms with Crippen molar-refractivity contribution < 1.29 is 9.53 Å². The molecule has 0 spiro atoms. The molecule has 6 nitrogen and oxygen atoms in total. The van der Waals surface area contributed by atoms with E-state index in [9.17, 15) is 4.79 Å². The first-order chi connectivity index (χ1) is 9.61. The number of esters is 1. The number of aliphatic imine (C=N–C) groups is 1. The number of fused-ring (bicyclic) bond motifs is 2. The van der Waals surface area contributed by atoms with Crippen LogP contribution in [0, 0.1) is 0 Å². The molecule has 1 aliphatic heterocycles. The van der Waals surface area contributed by atoms with Crippen molar-refractivity contribution >= 4 is 17.6 Å². The molecule has 0 saturated carbocycles. The van der Waals surface area contributed by atoms with Gasteiger partial charge in [0.1, 0.15) is 0 Å². The van der Waals surface area contributed by atoms with Crippen molar-refractivity contribution in [1.29, 1.82) is 0 Å². The largest absolute Gasteiger partial charge is 0.462 e. The summed E-state index contributed by atoms with van der Waals surface area (Å²) in [6.45, 7) is 2.92. The minimum atomic E-state index is -0.265. The predicted octanol–water partition coefficient (Wildman–Crippen LogP) is 0.777. The highest BCUT2D eigenvalue weighted by Crippen LogP contribution is 2.36. The molecule has 0 fully saturated rings. The Bertz CT molecular complexity index is 640. The normalized spacial score (nSPS) is 17.0. The third-order valence-electron chi connectivity index (χ3n) is 3.73. The van der Waals surface area contributed by atoms with Gasteiger partial charge in [0.2, 0.25) is 0 Å². The van der Waals surface area contributed by atoms with Crippen LogP contribution in [0.25, 0.3) is 5.70 Å². The Hall–Kier alpha value is -2.24. The van der Waals surface area contributed by atoms with Gasteiger partial charge in [0.15, 0.2) is 5.96 Å². The van der Waals surface area contributed by atoms with Crippen molar-refractivity contribution in [2.45, 2.75) is 19.8 Å². The third-order valence-corrected chi connectivity index (χ3v) is 3.73. The average molecular weight is 274 g/mol. The SMILES string of the molecule is CCOC(=O)c1cn(C)c2c1CCC1=C2N=C(N)NC1. The maximum atomic E-state index is 12.0. The smallest absolute Gasteiger partial charge is 0.339 e. The van der Waals surface area contributed by atoms with Crippen molar-refractivity contribution in [2.24, 2.45) is 17.8 Å². The van der Waals surface area contributed by atoms with Crippen molar-refractivity contribution in [3.63, 3.8) is 0 Å². The van der Waals surface area contributed by atoms with Gasteiger partial charge in [-0.1, -0.05) is 0 Å². The van der Waals surface area contributed by atoms with Gasteiger partial charge >= 0.3 is 5.97 Å². The number of hydrogen-bond acceptors (Lipinski definition) is 5. The summed E-state index contributed by atoms with van der Waals surface area (Å²) in [5.74, 6) is 0.162. The Kier molecular flexibility index (Phi) is 3.00. The maximum absolute atomic E-state index is 12.0. The molecule has 0 atom stereocenters. The summed E-state index contributed by atoms with van der Waals surface area (Å²) in [6, 6.07) is 0. The van der Waals surface area contributed by atoms with Crippen LogP contribution >= 0.6 is 0 Å². The molecule has 0 unspecified atom stereocenters. The van der Waals surface area contributed by atoms with Crippen LogP contribution in [-0.2, 0) is 18.2 Å². The molecule has 6 heteroatoms. The fourth-order valence-corrected chi connectivity index (χ4v) is 2.85. The molecule has 20 heavy (non-hydrogen) atoms. The predicted molar refractivity (Wildman–Crippen MR) is 76.2 cm³/mol. The van der Waals surface area contributed by atoms with Gasteiger partial charge in [0, 0.05) is 19.8 Å². The van der Waals surface area contributed by atoms with Gasteiger partial charge in [0.25, 0.3) is 0 Å². The molecule has 2 aliphatic rings. The zero-order valence-electron chi connectivity index (χ0n) is 11.7. The van der Waals surface area contributed by atoms with Crippen LogP contribution in [0.15, 0.2) is 16.8 Å². The Labute approximate surface area is 117 Å². The lowest BCUT2D eigenvalue weighted by Crippen LogP contribution is -2.37. The molecule has 0 saturated heterocycles. The van der Waals surface area contributed by atoms with Crippen LogP contribution in [0.3, 0.4) is 0 Å². The van der Waals surface area contributed by atoms with Crippen molar-refractivity contribution in [2.75, 3.05) is 13.2 Å². The van der Waals surface area contributed by atoms with E-state index in [0.29, 0.717) is 18.1 Å². The minimum absolute atomic E-state index is 0.265. The van der Waals surface area contributed by atoms with E-state index < -0.39 is 0 Å². The Morgan fingerprint density at radius 2 is 2.35 bits per heavy atom. The summed E-state index contributed by atoms with van der Waals surface area (Å²) in [5.41, 5.74) is 10.6. The van der Waals surface area contributed by atoms with Crippen LogP contribution in [-0.4, -0.2) is 29.6 Å². The van der Waals surface area contributed by atoms with Crippen molar-refractivity contribution in [1.82, 2.24) is 9.88 Å². The zero-order valence-corrected chi connectivity index (χ0v) is 11.7. The lowest BCUT2D eigenvalue weighted by Gasteiger charge is -2.24. The van der Waals surface area contributed by atoms with E-state index in [1.54, 1.807) is 0 Å². The van der Waals surface area contributed by atoms with E-state index in [0.717, 1.165) is 36.3 Å². The van der Waals surface area contributed by atoms with Crippen LogP contribution in [0.4, 0.5) is 0 Å². The summed E-state index contributed by atoms with van der Waals surface area (Å²) < 4.78 is 7.07. The average Bonchev–Trinajstić information content (AvgIpc) is 2.77. The number of guanidine groups is 1. The van der Waals surface area contributed by atoms with Crippen LogP contribution in [0.5, 0.6) is 0 Å². The molecule has 1 aromatic rings. The number of hydrogen-bond donors (Lipinski definition) is 2. The fraction of sp³-hybridized carbons (Fsp3) is 0.429. The Morgan fingerprint density at radius 3 is 3.10 bits per heavy atom. The summed E-state index contributed by atoms with van der Waals surface area (Å²) in [5, 5.41) is 3.05. The number of carbonyl (C=O) groups is 1. The van der Waals surface area contributed by atoms with Crippen molar-refractivity contribution in [3.05, 3.63) is 28.6 Å². The third kappa shape index (κ3) is 1.88. The molecule has 2 heterocycles. The lowest BCUT2D eigenvalue weighted by molar-refractivity contribution is 0.0525. The molecule has 0 bridgehead atoms. The number of nitrogens with two attached hydrogens (primary N) is 1. The lowest BCUT2D eigenvalue weighted by atomic mass is 9.91. The Balaban J connectivity index is 2.10. The van der Waals surface area contributed by atoms with Gasteiger partial charge in [-0.25, -0.2) is 9.79 Å². The van der Waals surface area contributed by atoms with E-state index in [1.165, 1.54) is 5.57 Å². The number of aromatic nitrogens is 1. The van der Waals surface area contributed by atoms with E-state index in [4.69, 9.17) is 10.5 Å². The molecular weight excluding hydrogens is 256 g/mol. The van der Waals surface area contributed by atoms with Gasteiger partial charge in [-0.2, -0.15) is 0 Å². The van der Waals surface area contributed by atoms with Crippen LogP contribution in [0.1, 0.15) is 35.0 Å². The van der Waals surface area contributed by atoms with Crippen molar-refractivity contribution in [3.8, 4) is 0 Å². The number of carbonyl (C=O) groups excluding carboxylic acids is 1. The van der Waals surface area contributed by atoms with Gasteiger partial charge in [-0.15, -0.1) is 0 Å². The van der Waals surface area contributed by atoms with Gasteiger partial charge < -0.3 is 20.4 Å². The quantitative estimate of drug-likeness (QED) is 0.781. The molecule has 3 N–H and O–H groups in total. The summed E-state index contributed by atoms with van der Waals surface area (Å²) in [7, 11) is 1.92. The molecule has 1 aliphatic carbocycles. The first-order valence-electron chi connectivity index (χ1n) is 6.77. The zero-order chi connectivity index (χ0) is 14.3. The second-order valence-electron chi connectivity index (χ2n) is 5.00. The number of ether oxygens (including phenoxy) is 1. The molecule has 0 radical (unpaired) electrons. The van der Waals surface area contributed by atoms with Gasteiger partial charge in [0.05, 0.1) is 23.6 Å². The number of nitrogens with one attached hydrogen (secondary N) is 1. The molecular formula is C14H18N4O2. The molecule has 0 aromatic carbocycles. The Morgan fingerprint density at radius 1 is 1.55 bits per heavy atom. The highest BCUT2D eigenvalue weighted by molar-refractivity contribution is 5.95.